The van der Waals surface area contributed by atoms with Gasteiger partial charge in [0.25, 0.3) is 0 Å². The third-order valence-corrected chi connectivity index (χ3v) is 1.94. The molecule has 3 heteroatoms. The largest absolute Gasteiger partial charge is 0.460 e. The van der Waals surface area contributed by atoms with Crippen molar-refractivity contribution in [2.24, 2.45) is 0 Å². The van der Waals surface area contributed by atoms with Gasteiger partial charge in [0.2, 0.25) is 0 Å². The molecule has 3 nitrogen and oxygen atoms in total. The van der Waals surface area contributed by atoms with Crippen molar-refractivity contribution in [2.75, 3.05) is 0 Å². The highest BCUT2D eigenvalue weighted by Crippen LogP contribution is 2.09. The van der Waals surface area contributed by atoms with Gasteiger partial charge in [0, 0.05) is 5.56 Å². The number of hydrogen-bond donors (Lipinski definition) is 1. The van der Waals surface area contributed by atoms with Crippen LogP contribution in [0.15, 0.2) is 30.3 Å². The minimum atomic E-state index is -1.000. The van der Waals surface area contributed by atoms with Crippen molar-refractivity contribution in [2.45, 2.75) is 38.9 Å². The van der Waals surface area contributed by atoms with Crippen molar-refractivity contribution in [1.29, 1.82) is 0 Å². The predicted octanol–water partition coefficient (Wildman–Crippen LogP) is 2.13. The Morgan fingerprint density at radius 2 is 1.94 bits per heavy atom. The van der Waals surface area contributed by atoms with Gasteiger partial charge in [-0.05, 0) is 32.9 Å². The number of carbonyl (C=O) groups is 1. The zero-order chi connectivity index (χ0) is 13.6. The van der Waals surface area contributed by atoms with Gasteiger partial charge in [-0.1, -0.05) is 30.0 Å². The molecular weight excluding hydrogens is 228 g/mol. The molecule has 1 unspecified atom stereocenters. The normalized spacial score (nSPS) is 12.2. The van der Waals surface area contributed by atoms with Gasteiger partial charge in [0.15, 0.2) is 0 Å². The summed E-state index contributed by atoms with van der Waals surface area (Å²) in [5.74, 6) is 4.98. The van der Waals surface area contributed by atoms with Gasteiger partial charge < -0.3 is 9.84 Å². The van der Waals surface area contributed by atoms with Crippen LogP contribution >= 0.6 is 0 Å². The first-order valence-corrected chi connectivity index (χ1v) is 5.83. The van der Waals surface area contributed by atoms with E-state index < -0.39 is 17.7 Å². The maximum absolute atomic E-state index is 11.4. The Morgan fingerprint density at radius 3 is 2.50 bits per heavy atom. The fraction of sp³-hybridized carbons (Fsp3) is 0.400. The number of hydrogen-bond acceptors (Lipinski definition) is 3. The minimum Gasteiger partial charge on any atom is -0.460 e. The summed E-state index contributed by atoms with van der Waals surface area (Å²) in [4.78, 5) is 11.4. The van der Waals surface area contributed by atoms with E-state index in [1.807, 2.05) is 30.3 Å². The van der Waals surface area contributed by atoms with E-state index in [0.717, 1.165) is 5.56 Å². The molecule has 96 valence electrons. The van der Waals surface area contributed by atoms with Crippen LogP contribution in [0.1, 0.15) is 32.8 Å². The molecule has 0 bridgehead atoms. The molecule has 0 saturated carbocycles. The second-order valence-corrected chi connectivity index (χ2v) is 4.94. The molecule has 18 heavy (non-hydrogen) atoms. The van der Waals surface area contributed by atoms with E-state index in [4.69, 9.17) is 4.74 Å². The molecule has 0 aliphatic rings. The molecule has 0 aromatic heterocycles. The Labute approximate surface area is 108 Å². The van der Waals surface area contributed by atoms with Gasteiger partial charge in [-0.3, -0.25) is 4.79 Å². The molecular formula is C15H18O3. The molecule has 1 atom stereocenters. The van der Waals surface area contributed by atoms with Crippen molar-refractivity contribution in [3.8, 4) is 11.8 Å². The Balaban J connectivity index is 2.50. The zero-order valence-corrected chi connectivity index (χ0v) is 10.9. The quantitative estimate of drug-likeness (QED) is 0.642. The first kappa shape index (κ1) is 14.3. The predicted molar refractivity (Wildman–Crippen MR) is 69.8 cm³/mol. The van der Waals surface area contributed by atoms with Gasteiger partial charge in [-0.25, -0.2) is 0 Å². The van der Waals surface area contributed by atoms with Crippen LogP contribution in [-0.2, 0) is 9.53 Å². The molecule has 1 aromatic rings. The Hall–Kier alpha value is -1.79. The molecule has 0 heterocycles. The Bertz CT molecular complexity index is 446. The third kappa shape index (κ3) is 6.07. The summed E-state index contributed by atoms with van der Waals surface area (Å²) in [6.45, 7) is 5.35. The van der Waals surface area contributed by atoms with E-state index >= 15 is 0 Å². The van der Waals surface area contributed by atoms with Gasteiger partial charge in [0.1, 0.15) is 11.7 Å². The van der Waals surface area contributed by atoms with Crippen LogP contribution in [0, 0.1) is 11.8 Å². The highest BCUT2D eigenvalue weighted by atomic mass is 16.6. The van der Waals surface area contributed by atoms with E-state index in [2.05, 4.69) is 11.8 Å². The molecule has 0 fully saturated rings. The third-order valence-electron chi connectivity index (χ3n) is 1.94. The van der Waals surface area contributed by atoms with Crippen LogP contribution in [0.2, 0.25) is 0 Å². The molecule has 1 N–H and O–H groups in total. The van der Waals surface area contributed by atoms with Crippen LogP contribution in [0.25, 0.3) is 0 Å². The Kier molecular flexibility index (Phi) is 4.94. The first-order valence-electron chi connectivity index (χ1n) is 5.83. The topological polar surface area (TPSA) is 46.5 Å². The van der Waals surface area contributed by atoms with Crippen LogP contribution in [0.5, 0.6) is 0 Å². The highest BCUT2D eigenvalue weighted by molar-refractivity contribution is 5.71. The molecule has 0 spiro atoms. The number of esters is 1. The smallest absolute Gasteiger partial charge is 0.309 e. The number of aliphatic hydroxyl groups excluding tert-OH is 1. The molecule has 0 radical (unpaired) electrons. The fourth-order valence-corrected chi connectivity index (χ4v) is 1.28. The monoisotopic (exact) mass is 246 g/mol. The second kappa shape index (κ2) is 6.23. The second-order valence-electron chi connectivity index (χ2n) is 4.94. The fourth-order valence-electron chi connectivity index (χ4n) is 1.28. The summed E-state index contributed by atoms with van der Waals surface area (Å²) in [5, 5.41) is 9.60. The number of rotatable bonds is 2. The Morgan fingerprint density at radius 1 is 1.33 bits per heavy atom. The molecule has 0 amide bonds. The molecule has 1 rings (SSSR count). The molecule has 0 aliphatic heterocycles. The number of benzene rings is 1. The zero-order valence-electron chi connectivity index (χ0n) is 10.9. The number of carbonyl (C=O) groups excluding carboxylic acids is 1. The molecule has 1 aromatic carbocycles. The molecule has 0 aliphatic carbocycles. The molecule has 0 saturated heterocycles. The number of ether oxygens (including phenoxy) is 1. The van der Waals surface area contributed by atoms with Crippen LogP contribution in [-0.4, -0.2) is 22.8 Å². The van der Waals surface area contributed by atoms with Gasteiger partial charge in [-0.15, -0.1) is 0 Å². The lowest BCUT2D eigenvalue weighted by Gasteiger charge is -2.19. The maximum atomic E-state index is 11.4. The van der Waals surface area contributed by atoms with Gasteiger partial charge in [-0.2, -0.15) is 0 Å². The SMILES string of the molecule is CC(C)(C)OC(=O)CC(O)C#Cc1ccccc1. The van der Waals surface area contributed by atoms with Crippen molar-refractivity contribution in [3.63, 3.8) is 0 Å². The lowest BCUT2D eigenvalue weighted by molar-refractivity contribution is -0.156. The summed E-state index contributed by atoms with van der Waals surface area (Å²) < 4.78 is 5.09. The first-order chi connectivity index (χ1) is 8.37. The lowest BCUT2D eigenvalue weighted by Crippen LogP contribution is -2.26. The van der Waals surface area contributed by atoms with Crippen LogP contribution < -0.4 is 0 Å². The highest BCUT2D eigenvalue weighted by Gasteiger charge is 2.18. The summed E-state index contributed by atoms with van der Waals surface area (Å²) in [6, 6.07) is 9.30. The van der Waals surface area contributed by atoms with Crippen LogP contribution in [0.3, 0.4) is 0 Å². The van der Waals surface area contributed by atoms with E-state index in [9.17, 15) is 9.90 Å². The minimum absolute atomic E-state index is 0.114. The van der Waals surface area contributed by atoms with Crippen molar-refractivity contribution >= 4 is 5.97 Å². The van der Waals surface area contributed by atoms with E-state index in [1.165, 1.54) is 0 Å². The summed E-state index contributed by atoms with van der Waals surface area (Å²) in [7, 11) is 0. The van der Waals surface area contributed by atoms with E-state index in [-0.39, 0.29) is 6.42 Å². The standard InChI is InChI=1S/C15H18O3/c1-15(2,3)18-14(17)11-13(16)10-9-12-7-5-4-6-8-12/h4-8,13,16H,11H2,1-3H3. The summed E-state index contributed by atoms with van der Waals surface area (Å²) in [6.07, 6.45) is -1.11. The van der Waals surface area contributed by atoms with E-state index in [0.29, 0.717) is 0 Å². The van der Waals surface area contributed by atoms with Gasteiger partial charge in [0.05, 0.1) is 6.42 Å². The maximum Gasteiger partial charge on any atom is 0.309 e. The average molecular weight is 246 g/mol. The average Bonchev–Trinajstić information content (AvgIpc) is 2.25. The van der Waals surface area contributed by atoms with E-state index in [1.54, 1.807) is 20.8 Å². The van der Waals surface area contributed by atoms with Crippen molar-refractivity contribution < 1.29 is 14.6 Å². The number of aliphatic hydroxyl groups is 1. The van der Waals surface area contributed by atoms with Crippen molar-refractivity contribution in [1.82, 2.24) is 0 Å². The van der Waals surface area contributed by atoms with Crippen LogP contribution in [0.4, 0.5) is 0 Å². The summed E-state index contributed by atoms with van der Waals surface area (Å²) >= 11 is 0. The summed E-state index contributed by atoms with van der Waals surface area (Å²) in [5.41, 5.74) is 0.268. The lowest BCUT2D eigenvalue weighted by atomic mass is 10.2. The van der Waals surface area contributed by atoms with Crippen molar-refractivity contribution in [3.05, 3.63) is 35.9 Å². The van der Waals surface area contributed by atoms with Gasteiger partial charge >= 0.3 is 5.97 Å².